The van der Waals surface area contributed by atoms with E-state index in [0.29, 0.717) is 5.75 Å². The lowest BCUT2D eigenvalue weighted by molar-refractivity contribution is -0.122. The highest BCUT2D eigenvalue weighted by Crippen LogP contribution is 2.16. The number of amides is 1. The van der Waals surface area contributed by atoms with E-state index in [1.807, 2.05) is 55.5 Å². The van der Waals surface area contributed by atoms with Crippen LogP contribution in [0.3, 0.4) is 0 Å². The monoisotopic (exact) mass is 381 g/mol. The largest absolute Gasteiger partial charge is 0.481 e. The number of carbonyl (C=O) groups excluding carboxylic acids is 1. The Labute approximate surface area is 132 Å². The number of anilines is 1. The van der Waals surface area contributed by atoms with E-state index in [9.17, 15) is 4.79 Å². The van der Waals surface area contributed by atoms with Crippen molar-refractivity contribution in [2.45, 2.75) is 20.0 Å². The fourth-order valence-corrected chi connectivity index (χ4v) is 2.01. The highest BCUT2D eigenvalue weighted by molar-refractivity contribution is 14.1. The lowest BCUT2D eigenvalue weighted by Crippen LogP contribution is -2.30. The van der Waals surface area contributed by atoms with Crippen LogP contribution in [0.2, 0.25) is 0 Å². The molecule has 0 saturated heterocycles. The molecule has 20 heavy (non-hydrogen) atoms. The lowest BCUT2D eigenvalue weighted by atomic mass is 10.2. The van der Waals surface area contributed by atoms with E-state index in [1.54, 1.807) is 6.92 Å². The molecule has 0 spiro atoms. The quantitative estimate of drug-likeness (QED) is 0.813. The van der Waals surface area contributed by atoms with Gasteiger partial charge in [-0.3, -0.25) is 4.79 Å². The SMILES string of the molecule is Cc1ccc(NC(=O)[C@H](C)Oc2ccc(I)cc2)cc1. The lowest BCUT2D eigenvalue weighted by Gasteiger charge is -2.14. The molecule has 0 aliphatic rings. The van der Waals surface area contributed by atoms with Gasteiger partial charge >= 0.3 is 0 Å². The first kappa shape index (κ1) is 14.8. The molecular formula is C16H16INO2. The molecule has 0 saturated carbocycles. The highest BCUT2D eigenvalue weighted by Gasteiger charge is 2.14. The standard InChI is InChI=1S/C16H16INO2/c1-11-3-7-14(8-4-11)18-16(19)12(2)20-15-9-5-13(17)6-10-15/h3-10,12H,1-2H3,(H,18,19)/t12-/m0/s1. The number of halogens is 1. The van der Waals surface area contributed by atoms with Crippen molar-refractivity contribution in [3.05, 3.63) is 57.7 Å². The average molecular weight is 381 g/mol. The maximum Gasteiger partial charge on any atom is 0.265 e. The van der Waals surface area contributed by atoms with E-state index < -0.39 is 6.10 Å². The van der Waals surface area contributed by atoms with E-state index >= 15 is 0 Å². The zero-order valence-electron chi connectivity index (χ0n) is 11.4. The molecule has 0 aromatic heterocycles. The molecule has 0 unspecified atom stereocenters. The van der Waals surface area contributed by atoms with Crippen molar-refractivity contribution in [2.75, 3.05) is 5.32 Å². The zero-order chi connectivity index (χ0) is 14.5. The molecule has 0 fully saturated rings. The molecule has 0 heterocycles. The number of nitrogens with one attached hydrogen (secondary N) is 1. The van der Waals surface area contributed by atoms with Crippen LogP contribution in [-0.4, -0.2) is 12.0 Å². The van der Waals surface area contributed by atoms with E-state index in [4.69, 9.17) is 4.74 Å². The maximum absolute atomic E-state index is 12.0. The van der Waals surface area contributed by atoms with Crippen LogP contribution in [-0.2, 0) is 4.79 Å². The second-order valence-electron chi connectivity index (χ2n) is 4.57. The van der Waals surface area contributed by atoms with Gasteiger partial charge < -0.3 is 10.1 Å². The van der Waals surface area contributed by atoms with Crippen LogP contribution in [0.25, 0.3) is 0 Å². The summed E-state index contributed by atoms with van der Waals surface area (Å²) >= 11 is 2.23. The maximum atomic E-state index is 12.0. The van der Waals surface area contributed by atoms with Crippen LogP contribution in [0.15, 0.2) is 48.5 Å². The van der Waals surface area contributed by atoms with Crippen molar-refractivity contribution in [1.82, 2.24) is 0 Å². The summed E-state index contributed by atoms with van der Waals surface area (Å²) in [6.07, 6.45) is -0.545. The molecule has 0 radical (unpaired) electrons. The Morgan fingerprint density at radius 2 is 1.70 bits per heavy atom. The zero-order valence-corrected chi connectivity index (χ0v) is 13.5. The van der Waals surface area contributed by atoms with Crippen LogP contribution >= 0.6 is 22.6 Å². The summed E-state index contributed by atoms with van der Waals surface area (Å²) < 4.78 is 6.74. The predicted molar refractivity (Wildman–Crippen MR) is 89.1 cm³/mol. The van der Waals surface area contributed by atoms with E-state index in [1.165, 1.54) is 0 Å². The van der Waals surface area contributed by atoms with Gasteiger partial charge in [-0.2, -0.15) is 0 Å². The first-order valence-corrected chi connectivity index (χ1v) is 7.42. The molecule has 104 valence electrons. The molecule has 2 aromatic carbocycles. The Morgan fingerprint density at radius 3 is 2.30 bits per heavy atom. The molecular weight excluding hydrogens is 365 g/mol. The molecule has 2 aromatic rings. The minimum atomic E-state index is -0.545. The van der Waals surface area contributed by atoms with E-state index in [2.05, 4.69) is 27.9 Å². The minimum Gasteiger partial charge on any atom is -0.481 e. The number of hydrogen-bond acceptors (Lipinski definition) is 2. The van der Waals surface area contributed by atoms with Crippen molar-refractivity contribution < 1.29 is 9.53 Å². The van der Waals surface area contributed by atoms with Crippen molar-refractivity contribution in [3.8, 4) is 5.75 Å². The van der Waals surface area contributed by atoms with Gasteiger partial charge in [0, 0.05) is 9.26 Å². The summed E-state index contributed by atoms with van der Waals surface area (Å²) in [4.78, 5) is 12.0. The second kappa shape index (κ2) is 6.74. The first-order valence-electron chi connectivity index (χ1n) is 6.34. The molecule has 2 rings (SSSR count). The number of aryl methyl sites for hydroxylation is 1. The number of rotatable bonds is 4. The van der Waals surface area contributed by atoms with Gasteiger partial charge in [-0.15, -0.1) is 0 Å². The number of hydrogen-bond donors (Lipinski definition) is 1. The van der Waals surface area contributed by atoms with Gasteiger partial charge in [-0.25, -0.2) is 0 Å². The summed E-state index contributed by atoms with van der Waals surface area (Å²) in [5.41, 5.74) is 1.94. The van der Waals surface area contributed by atoms with Crippen molar-refractivity contribution >= 4 is 34.2 Å². The van der Waals surface area contributed by atoms with Crippen molar-refractivity contribution in [2.24, 2.45) is 0 Å². The predicted octanol–water partition coefficient (Wildman–Crippen LogP) is 4.01. The molecule has 0 aliphatic heterocycles. The van der Waals surface area contributed by atoms with E-state index in [-0.39, 0.29) is 5.91 Å². The van der Waals surface area contributed by atoms with Gasteiger partial charge in [0.25, 0.3) is 5.91 Å². The Hall–Kier alpha value is -1.56. The van der Waals surface area contributed by atoms with Gasteiger partial charge in [0.05, 0.1) is 0 Å². The van der Waals surface area contributed by atoms with Gasteiger partial charge in [-0.1, -0.05) is 17.7 Å². The van der Waals surface area contributed by atoms with Gasteiger partial charge in [-0.05, 0) is 72.8 Å². The van der Waals surface area contributed by atoms with Crippen LogP contribution < -0.4 is 10.1 Å². The molecule has 1 amide bonds. The van der Waals surface area contributed by atoms with Crippen molar-refractivity contribution in [3.63, 3.8) is 0 Å². The Morgan fingerprint density at radius 1 is 1.10 bits per heavy atom. The molecule has 0 bridgehead atoms. The van der Waals surface area contributed by atoms with Crippen molar-refractivity contribution in [1.29, 1.82) is 0 Å². The van der Waals surface area contributed by atoms with Crippen LogP contribution in [0.1, 0.15) is 12.5 Å². The number of benzene rings is 2. The second-order valence-corrected chi connectivity index (χ2v) is 5.81. The third kappa shape index (κ3) is 4.23. The molecule has 0 aliphatic carbocycles. The van der Waals surface area contributed by atoms with Gasteiger partial charge in [0.2, 0.25) is 0 Å². The van der Waals surface area contributed by atoms with E-state index in [0.717, 1.165) is 14.8 Å². The molecule has 3 nitrogen and oxygen atoms in total. The molecule has 4 heteroatoms. The smallest absolute Gasteiger partial charge is 0.265 e. The highest BCUT2D eigenvalue weighted by atomic mass is 127. The molecule has 1 atom stereocenters. The summed E-state index contributed by atoms with van der Waals surface area (Å²) in [6.45, 7) is 3.75. The fourth-order valence-electron chi connectivity index (χ4n) is 1.65. The van der Waals surface area contributed by atoms with Gasteiger partial charge in [0.15, 0.2) is 6.10 Å². The van der Waals surface area contributed by atoms with Gasteiger partial charge in [0.1, 0.15) is 5.75 Å². The summed E-state index contributed by atoms with van der Waals surface area (Å²) in [7, 11) is 0. The third-order valence-electron chi connectivity index (χ3n) is 2.81. The Kier molecular flexibility index (Phi) is 5.00. The summed E-state index contributed by atoms with van der Waals surface area (Å²) in [5.74, 6) is 0.532. The third-order valence-corrected chi connectivity index (χ3v) is 3.53. The normalized spacial score (nSPS) is 11.8. The average Bonchev–Trinajstić information content (AvgIpc) is 2.44. The first-order chi connectivity index (χ1) is 9.54. The fraction of sp³-hybridized carbons (Fsp3) is 0.188. The summed E-state index contributed by atoms with van der Waals surface area (Å²) in [5, 5.41) is 2.84. The molecule has 1 N–H and O–H groups in total. The van der Waals surface area contributed by atoms with Crippen LogP contribution in [0.5, 0.6) is 5.75 Å². The van der Waals surface area contributed by atoms with Crippen LogP contribution in [0.4, 0.5) is 5.69 Å². The number of ether oxygens (including phenoxy) is 1. The minimum absolute atomic E-state index is 0.160. The Balaban J connectivity index is 1.94. The summed E-state index contributed by atoms with van der Waals surface area (Å²) in [6, 6.07) is 15.3. The van der Waals surface area contributed by atoms with Crippen LogP contribution in [0, 0.1) is 10.5 Å². The topological polar surface area (TPSA) is 38.3 Å². The number of carbonyl (C=O) groups is 1. The Bertz CT molecular complexity index is 578.